The van der Waals surface area contributed by atoms with E-state index in [1.165, 1.54) is 71.0 Å². The molecule has 0 atom stereocenters. The van der Waals surface area contributed by atoms with Crippen molar-refractivity contribution in [1.29, 1.82) is 0 Å². The first-order valence-corrected chi connectivity index (χ1v) is 9.14. The molecule has 0 aromatic rings. The van der Waals surface area contributed by atoms with Crippen LogP contribution >= 0.6 is 0 Å². The van der Waals surface area contributed by atoms with Gasteiger partial charge in [-0.15, -0.1) is 0 Å². The van der Waals surface area contributed by atoms with Crippen LogP contribution in [0.3, 0.4) is 0 Å². The molecule has 1 saturated carbocycles. The molecular formula is C18H38N2. The number of nitrogens with zero attached hydrogens (tertiary/aromatic N) is 1. The van der Waals surface area contributed by atoms with Gasteiger partial charge in [-0.25, -0.2) is 0 Å². The summed E-state index contributed by atoms with van der Waals surface area (Å²) in [6, 6.07) is 1.60. The molecule has 1 N–H and O–H groups in total. The van der Waals surface area contributed by atoms with Gasteiger partial charge in [0, 0.05) is 18.6 Å². The normalized spacial score (nSPS) is 17.6. The second-order valence-corrected chi connectivity index (χ2v) is 7.00. The first-order chi connectivity index (χ1) is 9.67. The number of hydrogen-bond donors (Lipinski definition) is 1. The molecule has 0 aromatic heterocycles. The lowest BCUT2D eigenvalue weighted by molar-refractivity contribution is 0.162. The number of nitrogens with one attached hydrogen (secondary N) is 1. The molecule has 2 heteroatoms. The second kappa shape index (κ2) is 10.6. The summed E-state index contributed by atoms with van der Waals surface area (Å²) in [6.07, 6.45) is 11.0. The van der Waals surface area contributed by atoms with Gasteiger partial charge in [-0.3, -0.25) is 0 Å². The third kappa shape index (κ3) is 7.08. The molecule has 0 bridgehead atoms. The largest absolute Gasteiger partial charge is 0.314 e. The van der Waals surface area contributed by atoms with Crippen molar-refractivity contribution in [3.05, 3.63) is 0 Å². The molecule has 0 spiro atoms. The summed E-state index contributed by atoms with van der Waals surface area (Å²) in [4.78, 5) is 2.73. The van der Waals surface area contributed by atoms with E-state index in [0.29, 0.717) is 0 Å². The van der Waals surface area contributed by atoms with E-state index in [0.717, 1.165) is 18.0 Å². The standard InChI is InChI=1S/C18H38N2/c1-5-18(6-2)20(15-16(3)4)14-10-13-19-17-11-8-7-9-12-17/h16-19H,5-15H2,1-4H3. The van der Waals surface area contributed by atoms with Crippen molar-refractivity contribution in [2.75, 3.05) is 19.6 Å². The lowest BCUT2D eigenvalue weighted by Crippen LogP contribution is -2.40. The molecule has 0 saturated heterocycles. The van der Waals surface area contributed by atoms with Gasteiger partial charge in [0.05, 0.1) is 0 Å². The predicted molar refractivity (Wildman–Crippen MR) is 90.3 cm³/mol. The minimum Gasteiger partial charge on any atom is -0.314 e. The van der Waals surface area contributed by atoms with Crippen molar-refractivity contribution >= 4 is 0 Å². The van der Waals surface area contributed by atoms with E-state index in [1.54, 1.807) is 0 Å². The average molecular weight is 283 g/mol. The van der Waals surface area contributed by atoms with Gasteiger partial charge in [0.15, 0.2) is 0 Å². The quantitative estimate of drug-likeness (QED) is 0.596. The van der Waals surface area contributed by atoms with E-state index in [-0.39, 0.29) is 0 Å². The van der Waals surface area contributed by atoms with E-state index in [4.69, 9.17) is 0 Å². The van der Waals surface area contributed by atoms with Gasteiger partial charge in [0.2, 0.25) is 0 Å². The summed E-state index contributed by atoms with van der Waals surface area (Å²) in [6.45, 7) is 13.1. The van der Waals surface area contributed by atoms with Crippen LogP contribution in [0, 0.1) is 5.92 Å². The fourth-order valence-corrected chi connectivity index (χ4v) is 3.59. The van der Waals surface area contributed by atoms with Crippen LogP contribution in [0.5, 0.6) is 0 Å². The van der Waals surface area contributed by atoms with Crippen molar-refractivity contribution < 1.29 is 0 Å². The van der Waals surface area contributed by atoms with Crippen LogP contribution in [0.2, 0.25) is 0 Å². The smallest absolute Gasteiger partial charge is 0.00901 e. The maximum atomic E-state index is 3.78. The van der Waals surface area contributed by atoms with E-state index >= 15 is 0 Å². The van der Waals surface area contributed by atoms with Crippen molar-refractivity contribution in [3.63, 3.8) is 0 Å². The van der Waals surface area contributed by atoms with Crippen LogP contribution in [0.4, 0.5) is 0 Å². The minimum absolute atomic E-state index is 0.780. The predicted octanol–water partition coefficient (Wildman–Crippen LogP) is 4.45. The minimum atomic E-state index is 0.780. The summed E-state index contributed by atoms with van der Waals surface area (Å²) in [5.74, 6) is 0.780. The van der Waals surface area contributed by atoms with E-state index in [1.807, 2.05) is 0 Å². The van der Waals surface area contributed by atoms with Crippen LogP contribution in [-0.4, -0.2) is 36.6 Å². The molecule has 0 radical (unpaired) electrons. The van der Waals surface area contributed by atoms with Crippen LogP contribution in [0.15, 0.2) is 0 Å². The Balaban J connectivity index is 2.22. The Morgan fingerprint density at radius 3 is 2.25 bits per heavy atom. The Morgan fingerprint density at radius 2 is 1.70 bits per heavy atom. The highest BCUT2D eigenvalue weighted by atomic mass is 15.2. The lowest BCUT2D eigenvalue weighted by atomic mass is 9.95. The zero-order chi connectivity index (χ0) is 14.8. The van der Waals surface area contributed by atoms with Crippen LogP contribution < -0.4 is 5.32 Å². The Bertz CT molecular complexity index is 217. The van der Waals surface area contributed by atoms with E-state index < -0.39 is 0 Å². The molecule has 0 unspecified atom stereocenters. The summed E-state index contributed by atoms with van der Waals surface area (Å²) < 4.78 is 0. The Morgan fingerprint density at radius 1 is 1.05 bits per heavy atom. The van der Waals surface area contributed by atoms with Crippen LogP contribution in [0.25, 0.3) is 0 Å². The third-order valence-corrected chi connectivity index (χ3v) is 4.72. The van der Waals surface area contributed by atoms with Crippen molar-refractivity contribution in [2.45, 2.75) is 91.1 Å². The highest BCUT2D eigenvalue weighted by molar-refractivity contribution is 4.74. The Hall–Kier alpha value is -0.0800. The summed E-state index contributed by atoms with van der Waals surface area (Å²) in [5.41, 5.74) is 0. The first kappa shape index (κ1) is 18.0. The molecule has 1 aliphatic carbocycles. The molecule has 1 fully saturated rings. The van der Waals surface area contributed by atoms with Gasteiger partial charge in [-0.2, -0.15) is 0 Å². The first-order valence-electron chi connectivity index (χ1n) is 9.14. The summed E-state index contributed by atoms with van der Waals surface area (Å²) >= 11 is 0. The van der Waals surface area contributed by atoms with Crippen molar-refractivity contribution in [1.82, 2.24) is 10.2 Å². The topological polar surface area (TPSA) is 15.3 Å². The van der Waals surface area contributed by atoms with Crippen molar-refractivity contribution in [2.24, 2.45) is 5.92 Å². The zero-order valence-corrected chi connectivity index (χ0v) is 14.5. The Kier molecular flexibility index (Phi) is 9.54. The molecule has 120 valence electrons. The average Bonchev–Trinajstić information content (AvgIpc) is 2.45. The summed E-state index contributed by atoms with van der Waals surface area (Å²) in [5, 5.41) is 3.78. The highest BCUT2D eigenvalue weighted by Gasteiger charge is 2.16. The van der Waals surface area contributed by atoms with Gasteiger partial charge in [0.1, 0.15) is 0 Å². The van der Waals surface area contributed by atoms with Gasteiger partial charge in [-0.1, -0.05) is 47.0 Å². The number of rotatable bonds is 10. The molecular weight excluding hydrogens is 244 g/mol. The molecule has 0 aliphatic heterocycles. The monoisotopic (exact) mass is 282 g/mol. The molecule has 20 heavy (non-hydrogen) atoms. The van der Waals surface area contributed by atoms with Crippen LogP contribution in [0.1, 0.15) is 79.1 Å². The van der Waals surface area contributed by atoms with Gasteiger partial charge < -0.3 is 10.2 Å². The fourth-order valence-electron chi connectivity index (χ4n) is 3.59. The molecule has 0 aromatic carbocycles. The molecule has 1 aliphatic rings. The Labute approximate surface area is 127 Å². The van der Waals surface area contributed by atoms with Gasteiger partial charge in [-0.05, 0) is 51.1 Å². The highest BCUT2D eigenvalue weighted by Crippen LogP contribution is 2.17. The fraction of sp³-hybridized carbons (Fsp3) is 1.00. The maximum Gasteiger partial charge on any atom is 0.00901 e. The van der Waals surface area contributed by atoms with E-state index in [9.17, 15) is 0 Å². The summed E-state index contributed by atoms with van der Waals surface area (Å²) in [7, 11) is 0. The lowest BCUT2D eigenvalue weighted by Gasteiger charge is -2.32. The third-order valence-electron chi connectivity index (χ3n) is 4.72. The molecule has 2 nitrogen and oxygen atoms in total. The second-order valence-electron chi connectivity index (χ2n) is 7.00. The maximum absolute atomic E-state index is 3.78. The number of hydrogen-bond acceptors (Lipinski definition) is 2. The van der Waals surface area contributed by atoms with Crippen LogP contribution in [-0.2, 0) is 0 Å². The molecule has 0 heterocycles. The SMILES string of the molecule is CCC(CC)N(CCCNC1CCCCC1)CC(C)C. The van der Waals surface area contributed by atoms with Gasteiger partial charge in [0.25, 0.3) is 0 Å². The zero-order valence-electron chi connectivity index (χ0n) is 14.5. The molecule has 1 rings (SSSR count). The van der Waals surface area contributed by atoms with Gasteiger partial charge >= 0.3 is 0 Å². The van der Waals surface area contributed by atoms with Crippen molar-refractivity contribution in [3.8, 4) is 0 Å². The van der Waals surface area contributed by atoms with E-state index in [2.05, 4.69) is 37.9 Å². The molecule has 0 amide bonds.